The van der Waals surface area contributed by atoms with E-state index >= 15 is 0 Å². The zero-order chi connectivity index (χ0) is 17.6. The summed E-state index contributed by atoms with van der Waals surface area (Å²) in [5.74, 6) is 0.167. The largest absolute Gasteiger partial charge is 0.342 e. The molecule has 0 saturated carbocycles. The smallest absolute Gasteiger partial charge is 0.253 e. The molecule has 2 aliphatic heterocycles. The van der Waals surface area contributed by atoms with Gasteiger partial charge in [-0.2, -0.15) is 5.26 Å². The van der Waals surface area contributed by atoms with Gasteiger partial charge in [-0.05, 0) is 37.5 Å². The summed E-state index contributed by atoms with van der Waals surface area (Å²) < 4.78 is 0. The van der Waals surface area contributed by atoms with Crippen LogP contribution in [-0.2, 0) is 4.79 Å². The van der Waals surface area contributed by atoms with Crippen LogP contribution >= 0.6 is 0 Å². The van der Waals surface area contributed by atoms with Crippen molar-refractivity contribution < 1.29 is 9.59 Å². The highest BCUT2D eigenvalue weighted by atomic mass is 16.2. The van der Waals surface area contributed by atoms with Gasteiger partial charge in [0.1, 0.15) is 0 Å². The van der Waals surface area contributed by atoms with Crippen LogP contribution in [0.15, 0.2) is 24.3 Å². The van der Waals surface area contributed by atoms with Crippen molar-refractivity contribution in [2.24, 2.45) is 0 Å². The summed E-state index contributed by atoms with van der Waals surface area (Å²) in [5, 5.41) is 8.96. The summed E-state index contributed by atoms with van der Waals surface area (Å²) in [6.07, 6.45) is 3.43. The van der Waals surface area contributed by atoms with E-state index in [1.54, 1.807) is 29.2 Å². The Balaban J connectivity index is 1.50. The standard InChI is InChI=1S/C19H24N4O2/c20-14-16-5-4-6-17(13-16)19(25)23-11-9-21(10-12-23)15-18(24)22-7-2-1-3-8-22/h4-6,13H,1-3,7-12,15H2. The van der Waals surface area contributed by atoms with Crippen LogP contribution in [0, 0.1) is 11.3 Å². The Morgan fingerprint density at radius 1 is 0.960 bits per heavy atom. The number of carbonyl (C=O) groups is 2. The molecular weight excluding hydrogens is 316 g/mol. The van der Waals surface area contributed by atoms with Crippen LogP contribution in [0.25, 0.3) is 0 Å². The van der Waals surface area contributed by atoms with Crippen molar-refractivity contribution >= 4 is 11.8 Å². The molecule has 0 aliphatic carbocycles. The van der Waals surface area contributed by atoms with Crippen LogP contribution in [0.2, 0.25) is 0 Å². The Labute approximate surface area is 148 Å². The van der Waals surface area contributed by atoms with Gasteiger partial charge in [0.15, 0.2) is 0 Å². The maximum atomic E-state index is 12.6. The number of hydrogen-bond donors (Lipinski definition) is 0. The van der Waals surface area contributed by atoms with Gasteiger partial charge in [-0.1, -0.05) is 6.07 Å². The molecule has 0 unspecified atom stereocenters. The molecule has 2 heterocycles. The minimum atomic E-state index is -0.0425. The number of amides is 2. The van der Waals surface area contributed by atoms with Crippen LogP contribution in [0.5, 0.6) is 0 Å². The molecule has 0 bridgehead atoms. The van der Waals surface area contributed by atoms with Crippen molar-refractivity contribution in [3.05, 3.63) is 35.4 Å². The lowest BCUT2D eigenvalue weighted by Crippen LogP contribution is -2.52. The number of nitrogens with zero attached hydrogens (tertiary/aromatic N) is 4. The highest BCUT2D eigenvalue weighted by Crippen LogP contribution is 2.12. The fraction of sp³-hybridized carbons (Fsp3) is 0.526. The number of piperidine rings is 1. The van der Waals surface area contributed by atoms with Crippen molar-refractivity contribution in [1.82, 2.24) is 14.7 Å². The molecule has 6 heteroatoms. The first-order valence-electron chi connectivity index (χ1n) is 8.97. The summed E-state index contributed by atoms with van der Waals surface area (Å²) in [6.45, 7) is 4.86. The quantitative estimate of drug-likeness (QED) is 0.832. The molecule has 1 aromatic rings. The highest BCUT2D eigenvalue weighted by Gasteiger charge is 2.25. The summed E-state index contributed by atoms with van der Waals surface area (Å²) in [6, 6.07) is 8.87. The average molecular weight is 340 g/mol. The third-order valence-corrected chi connectivity index (χ3v) is 4.97. The second-order valence-corrected chi connectivity index (χ2v) is 6.70. The number of hydrogen-bond acceptors (Lipinski definition) is 4. The average Bonchev–Trinajstić information content (AvgIpc) is 2.68. The SMILES string of the molecule is N#Cc1cccc(C(=O)N2CCN(CC(=O)N3CCCCC3)CC2)c1. The first-order chi connectivity index (χ1) is 12.2. The first-order valence-corrected chi connectivity index (χ1v) is 8.97. The van der Waals surface area contributed by atoms with Crippen LogP contribution in [-0.4, -0.2) is 72.3 Å². The molecule has 3 rings (SSSR count). The topological polar surface area (TPSA) is 67.6 Å². The van der Waals surface area contributed by atoms with Gasteiger partial charge in [-0.25, -0.2) is 0 Å². The van der Waals surface area contributed by atoms with Crippen molar-refractivity contribution in [2.75, 3.05) is 45.8 Å². The zero-order valence-corrected chi connectivity index (χ0v) is 14.5. The Hall–Kier alpha value is -2.39. The Morgan fingerprint density at radius 2 is 1.68 bits per heavy atom. The maximum Gasteiger partial charge on any atom is 0.253 e. The first kappa shape index (κ1) is 17.4. The number of carbonyl (C=O) groups excluding carboxylic acids is 2. The fourth-order valence-corrected chi connectivity index (χ4v) is 3.45. The number of likely N-dealkylation sites (tertiary alicyclic amines) is 1. The van der Waals surface area contributed by atoms with E-state index in [0.29, 0.717) is 43.9 Å². The second-order valence-electron chi connectivity index (χ2n) is 6.70. The molecule has 2 fully saturated rings. The zero-order valence-electron chi connectivity index (χ0n) is 14.5. The molecule has 6 nitrogen and oxygen atoms in total. The molecule has 25 heavy (non-hydrogen) atoms. The third kappa shape index (κ3) is 4.37. The molecule has 0 N–H and O–H groups in total. The van der Waals surface area contributed by atoms with E-state index in [9.17, 15) is 9.59 Å². The van der Waals surface area contributed by atoms with E-state index in [4.69, 9.17) is 5.26 Å². The molecule has 0 atom stereocenters. The molecule has 0 spiro atoms. The number of rotatable bonds is 3. The molecule has 2 aliphatic rings. The number of benzene rings is 1. The van der Waals surface area contributed by atoms with E-state index in [1.165, 1.54) is 6.42 Å². The normalized spacial score (nSPS) is 18.7. The van der Waals surface area contributed by atoms with Gasteiger partial charge in [0.25, 0.3) is 5.91 Å². The van der Waals surface area contributed by atoms with E-state index < -0.39 is 0 Å². The number of piperazine rings is 1. The molecule has 2 amide bonds. The predicted octanol–water partition coefficient (Wildman–Crippen LogP) is 1.33. The van der Waals surface area contributed by atoms with Gasteiger partial charge in [-0.3, -0.25) is 14.5 Å². The minimum absolute atomic E-state index is 0.0425. The Morgan fingerprint density at radius 3 is 2.36 bits per heavy atom. The van der Waals surface area contributed by atoms with E-state index in [0.717, 1.165) is 25.9 Å². The summed E-state index contributed by atoms with van der Waals surface area (Å²) in [7, 11) is 0. The Kier molecular flexibility index (Phi) is 5.67. The number of nitriles is 1. The molecule has 1 aromatic carbocycles. The molecule has 132 valence electrons. The summed E-state index contributed by atoms with van der Waals surface area (Å²) >= 11 is 0. The fourth-order valence-electron chi connectivity index (χ4n) is 3.45. The second kappa shape index (κ2) is 8.13. The monoisotopic (exact) mass is 340 g/mol. The van der Waals surface area contributed by atoms with E-state index in [1.807, 2.05) is 4.90 Å². The van der Waals surface area contributed by atoms with Gasteiger partial charge < -0.3 is 9.80 Å². The van der Waals surface area contributed by atoms with Crippen molar-refractivity contribution in [2.45, 2.75) is 19.3 Å². The van der Waals surface area contributed by atoms with Crippen LogP contribution in [0.3, 0.4) is 0 Å². The maximum absolute atomic E-state index is 12.6. The van der Waals surface area contributed by atoms with Crippen LogP contribution < -0.4 is 0 Å². The van der Waals surface area contributed by atoms with Gasteiger partial charge in [0.05, 0.1) is 18.2 Å². The lowest BCUT2D eigenvalue weighted by molar-refractivity contribution is -0.133. The summed E-state index contributed by atoms with van der Waals surface area (Å²) in [5.41, 5.74) is 1.05. The minimum Gasteiger partial charge on any atom is -0.342 e. The van der Waals surface area contributed by atoms with Crippen LogP contribution in [0.1, 0.15) is 35.2 Å². The summed E-state index contributed by atoms with van der Waals surface area (Å²) in [4.78, 5) is 30.8. The third-order valence-electron chi connectivity index (χ3n) is 4.97. The van der Waals surface area contributed by atoms with Crippen LogP contribution in [0.4, 0.5) is 0 Å². The van der Waals surface area contributed by atoms with Gasteiger partial charge >= 0.3 is 0 Å². The highest BCUT2D eigenvalue weighted by molar-refractivity contribution is 5.94. The lowest BCUT2D eigenvalue weighted by atomic mass is 10.1. The van der Waals surface area contributed by atoms with Crippen molar-refractivity contribution in [1.29, 1.82) is 5.26 Å². The van der Waals surface area contributed by atoms with Crippen molar-refractivity contribution in [3.63, 3.8) is 0 Å². The van der Waals surface area contributed by atoms with Gasteiger partial charge in [0.2, 0.25) is 5.91 Å². The van der Waals surface area contributed by atoms with Gasteiger partial charge in [-0.15, -0.1) is 0 Å². The van der Waals surface area contributed by atoms with E-state index in [2.05, 4.69) is 11.0 Å². The Bertz CT molecular complexity index is 668. The molecule has 0 radical (unpaired) electrons. The van der Waals surface area contributed by atoms with Crippen molar-refractivity contribution in [3.8, 4) is 6.07 Å². The molecule has 2 saturated heterocycles. The lowest BCUT2D eigenvalue weighted by Gasteiger charge is -2.36. The van der Waals surface area contributed by atoms with Gasteiger partial charge in [0, 0.05) is 44.8 Å². The van der Waals surface area contributed by atoms with E-state index in [-0.39, 0.29) is 11.8 Å². The molecule has 0 aromatic heterocycles. The molecular formula is C19H24N4O2. The predicted molar refractivity (Wildman–Crippen MR) is 93.9 cm³/mol.